The topological polar surface area (TPSA) is 62.1 Å². The van der Waals surface area contributed by atoms with Crippen molar-refractivity contribution in [1.82, 2.24) is 15.2 Å². The first-order valence-electron chi connectivity index (χ1n) is 4.32. The molecule has 2 rings (SSSR count). The van der Waals surface area contributed by atoms with Gasteiger partial charge < -0.3 is 10.0 Å². The lowest BCUT2D eigenvalue weighted by molar-refractivity contribution is 0.473. The average Bonchev–Trinajstić information content (AvgIpc) is 2.66. The Morgan fingerprint density at radius 2 is 2.07 bits per heavy atom. The summed E-state index contributed by atoms with van der Waals surface area (Å²) in [5, 5.41) is 18.9. The van der Waals surface area contributed by atoms with Gasteiger partial charge in [0.2, 0.25) is 5.13 Å². The quantitative estimate of drug-likeness (QED) is 0.831. The summed E-state index contributed by atoms with van der Waals surface area (Å²) in [7, 11) is 3.82. The highest BCUT2D eigenvalue weighted by Gasteiger charge is 2.08. The van der Waals surface area contributed by atoms with Crippen molar-refractivity contribution in [3.63, 3.8) is 0 Å². The largest absolute Gasteiger partial charge is 0.506 e. The highest BCUT2D eigenvalue weighted by molar-refractivity contribution is 7.18. The molecule has 6 heteroatoms. The van der Waals surface area contributed by atoms with Crippen LogP contribution < -0.4 is 4.90 Å². The van der Waals surface area contributed by atoms with Crippen molar-refractivity contribution in [2.24, 2.45) is 0 Å². The molecule has 0 amide bonds. The molecular formula is C9H10N4OS. The van der Waals surface area contributed by atoms with Gasteiger partial charge in [0.05, 0.1) is 6.20 Å². The predicted molar refractivity (Wildman–Crippen MR) is 59.1 cm³/mol. The van der Waals surface area contributed by atoms with E-state index in [4.69, 9.17) is 0 Å². The number of hydrogen-bond donors (Lipinski definition) is 1. The van der Waals surface area contributed by atoms with Crippen molar-refractivity contribution in [3.8, 4) is 16.3 Å². The lowest BCUT2D eigenvalue weighted by Gasteiger charge is -2.03. The van der Waals surface area contributed by atoms with Crippen LogP contribution in [0.1, 0.15) is 0 Å². The van der Waals surface area contributed by atoms with Gasteiger partial charge in [-0.15, -0.1) is 10.2 Å². The maximum absolute atomic E-state index is 9.27. The molecule has 0 aromatic carbocycles. The zero-order chi connectivity index (χ0) is 10.8. The summed E-state index contributed by atoms with van der Waals surface area (Å²) in [6.45, 7) is 0. The van der Waals surface area contributed by atoms with E-state index in [1.54, 1.807) is 12.3 Å². The molecule has 0 radical (unpaired) electrons. The van der Waals surface area contributed by atoms with Crippen LogP contribution in [0, 0.1) is 0 Å². The summed E-state index contributed by atoms with van der Waals surface area (Å²) < 4.78 is 0. The molecule has 0 aliphatic heterocycles. The van der Waals surface area contributed by atoms with Crippen LogP contribution in [-0.2, 0) is 0 Å². The van der Waals surface area contributed by atoms with Gasteiger partial charge in [0, 0.05) is 25.9 Å². The van der Waals surface area contributed by atoms with E-state index in [1.165, 1.54) is 17.5 Å². The van der Waals surface area contributed by atoms with Gasteiger partial charge in [-0.1, -0.05) is 11.3 Å². The van der Waals surface area contributed by atoms with Crippen LogP contribution in [-0.4, -0.2) is 34.4 Å². The minimum Gasteiger partial charge on any atom is -0.506 e. The Kier molecular flexibility index (Phi) is 2.51. The minimum absolute atomic E-state index is 0.133. The minimum atomic E-state index is 0.133. The number of aromatic nitrogens is 3. The lowest BCUT2D eigenvalue weighted by Crippen LogP contribution is -2.07. The molecule has 2 heterocycles. The lowest BCUT2D eigenvalue weighted by atomic mass is 10.3. The summed E-state index contributed by atoms with van der Waals surface area (Å²) in [6, 6.07) is 1.62. The third-order valence-electron chi connectivity index (χ3n) is 1.77. The van der Waals surface area contributed by atoms with Crippen LogP contribution in [0.15, 0.2) is 18.5 Å². The molecule has 0 aliphatic carbocycles. The zero-order valence-electron chi connectivity index (χ0n) is 8.38. The van der Waals surface area contributed by atoms with E-state index in [2.05, 4.69) is 15.2 Å². The van der Waals surface area contributed by atoms with Gasteiger partial charge in [-0.2, -0.15) is 0 Å². The van der Waals surface area contributed by atoms with Crippen molar-refractivity contribution in [2.75, 3.05) is 19.0 Å². The molecule has 0 bridgehead atoms. The highest BCUT2D eigenvalue weighted by Crippen LogP contribution is 2.28. The summed E-state index contributed by atoms with van der Waals surface area (Å²) in [5.41, 5.74) is 0.778. The Bertz CT molecular complexity index is 469. The van der Waals surface area contributed by atoms with E-state index in [0.29, 0.717) is 0 Å². The molecular weight excluding hydrogens is 212 g/mol. The molecule has 1 N–H and O–H groups in total. The molecule has 0 atom stereocenters. The third-order valence-corrected chi connectivity index (χ3v) is 2.91. The number of aromatic hydroxyl groups is 1. The van der Waals surface area contributed by atoms with Crippen LogP contribution in [0.3, 0.4) is 0 Å². The van der Waals surface area contributed by atoms with Crippen LogP contribution in [0.4, 0.5) is 5.13 Å². The summed E-state index contributed by atoms with van der Waals surface area (Å²) in [6.07, 6.45) is 3.04. The van der Waals surface area contributed by atoms with Gasteiger partial charge in [-0.3, -0.25) is 4.98 Å². The Morgan fingerprint density at radius 3 is 2.67 bits per heavy atom. The second-order valence-electron chi connectivity index (χ2n) is 3.22. The van der Waals surface area contributed by atoms with Crippen molar-refractivity contribution < 1.29 is 5.11 Å². The molecule has 2 aromatic rings. The Hall–Kier alpha value is -1.69. The van der Waals surface area contributed by atoms with Crippen molar-refractivity contribution >= 4 is 16.5 Å². The first kappa shape index (κ1) is 9.85. The molecule has 15 heavy (non-hydrogen) atoms. The van der Waals surface area contributed by atoms with Gasteiger partial charge in [0.1, 0.15) is 5.75 Å². The van der Waals surface area contributed by atoms with Gasteiger partial charge in [0.25, 0.3) is 0 Å². The van der Waals surface area contributed by atoms with Crippen LogP contribution in [0.25, 0.3) is 10.6 Å². The molecule has 78 valence electrons. The molecule has 0 fully saturated rings. The molecule has 5 nitrogen and oxygen atoms in total. The van der Waals surface area contributed by atoms with Crippen molar-refractivity contribution in [2.45, 2.75) is 0 Å². The molecule has 0 unspecified atom stereocenters. The molecule has 2 aromatic heterocycles. The normalized spacial score (nSPS) is 10.3. The Labute approximate surface area is 91.0 Å². The molecule has 0 aliphatic rings. The number of nitrogens with zero attached hydrogens (tertiary/aromatic N) is 4. The third kappa shape index (κ3) is 2.04. The smallest absolute Gasteiger partial charge is 0.208 e. The first-order valence-corrected chi connectivity index (χ1v) is 5.13. The fraction of sp³-hybridized carbons (Fsp3) is 0.222. The van der Waals surface area contributed by atoms with Crippen LogP contribution in [0.5, 0.6) is 5.75 Å². The molecule has 0 saturated carbocycles. The van der Waals surface area contributed by atoms with Crippen LogP contribution >= 0.6 is 11.3 Å². The number of pyridine rings is 1. The van der Waals surface area contributed by atoms with E-state index < -0.39 is 0 Å². The SMILES string of the molecule is CN(C)c1nnc(-c2cncc(O)c2)s1. The fourth-order valence-electron chi connectivity index (χ4n) is 1.06. The second-order valence-corrected chi connectivity index (χ2v) is 4.17. The van der Waals surface area contributed by atoms with Gasteiger partial charge in [0.15, 0.2) is 5.01 Å². The predicted octanol–water partition coefficient (Wildman–Crippen LogP) is 1.37. The number of rotatable bonds is 2. The fourth-order valence-corrected chi connectivity index (χ4v) is 1.81. The maximum atomic E-state index is 9.27. The zero-order valence-corrected chi connectivity index (χ0v) is 9.19. The average molecular weight is 222 g/mol. The van der Waals surface area contributed by atoms with E-state index >= 15 is 0 Å². The summed E-state index contributed by atoms with van der Waals surface area (Å²) in [4.78, 5) is 5.78. The van der Waals surface area contributed by atoms with E-state index in [-0.39, 0.29) is 5.75 Å². The van der Waals surface area contributed by atoms with Crippen molar-refractivity contribution in [1.29, 1.82) is 0 Å². The highest BCUT2D eigenvalue weighted by atomic mass is 32.1. The van der Waals surface area contributed by atoms with Gasteiger partial charge in [-0.25, -0.2) is 0 Å². The van der Waals surface area contributed by atoms with Gasteiger partial charge >= 0.3 is 0 Å². The van der Waals surface area contributed by atoms with Crippen molar-refractivity contribution in [3.05, 3.63) is 18.5 Å². The Morgan fingerprint density at radius 1 is 1.27 bits per heavy atom. The first-order chi connectivity index (χ1) is 7.16. The van der Waals surface area contributed by atoms with Gasteiger partial charge in [-0.05, 0) is 6.07 Å². The van der Waals surface area contributed by atoms with Crippen LogP contribution in [0.2, 0.25) is 0 Å². The van der Waals surface area contributed by atoms with E-state index in [9.17, 15) is 5.11 Å². The maximum Gasteiger partial charge on any atom is 0.208 e. The summed E-state index contributed by atoms with van der Waals surface area (Å²) >= 11 is 1.46. The molecule has 0 saturated heterocycles. The monoisotopic (exact) mass is 222 g/mol. The number of hydrogen-bond acceptors (Lipinski definition) is 6. The number of anilines is 1. The molecule has 0 spiro atoms. The van der Waals surface area contributed by atoms with E-state index in [0.717, 1.165) is 15.7 Å². The second kappa shape index (κ2) is 3.82. The summed E-state index contributed by atoms with van der Waals surface area (Å²) in [5.74, 6) is 0.133. The van der Waals surface area contributed by atoms with E-state index in [1.807, 2.05) is 19.0 Å². The standard InChI is InChI=1S/C9H10N4OS/c1-13(2)9-12-11-8(15-9)6-3-7(14)5-10-4-6/h3-5,14H,1-2H3. The Balaban J connectivity index is 2.37.